The van der Waals surface area contributed by atoms with Crippen molar-refractivity contribution in [3.63, 3.8) is 0 Å². The Morgan fingerprint density at radius 3 is 2.95 bits per heavy atom. The first-order valence-electron chi connectivity index (χ1n) is 7.85. The van der Waals surface area contributed by atoms with Crippen molar-refractivity contribution >= 4 is 0 Å². The Hall–Kier alpha value is -1.68. The second kappa shape index (κ2) is 5.98. The molecule has 0 bridgehead atoms. The molecule has 0 radical (unpaired) electrons. The Labute approximate surface area is 126 Å². The van der Waals surface area contributed by atoms with Crippen LogP contribution in [0.3, 0.4) is 0 Å². The van der Waals surface area contributed by atoms with E-state index in [-0.39, 0.29) is 6.04 Å². The van der Waals surface area contributed by atoms with E-state index in [4.69, 9.17) is 5.73 Å². The summed E-state index contributed by atoms with van der Waals surface area (Å²) in [5.41, 5.74) is 9.22. The van der Waals surface area contributed by atoms with E-state index in [9.17, 15) is 0 Å². The smallest absolute Gasteiger partial charge is 0.138 e. The van der Waals surface area contributed by atoms with E-state index in [0.717, 1.165) is 31.6 Å². The van der Waals surface area contributed by atoms with Crippen molar-refractivity contribution < 1.29 is 0 Å². The Balaban J connectivity index is 1.76. The van der Waals surface area contributed by atoms with Gasteiger partial charge in [-0.25, -0.2) is 9.67 Å². The van der Waals surface area contributed by atoms with E-state index in [2.05, 4.69) is 48.2 Å². The van der Waals surface area contributed by atoms with Crippen LogP contribution in [0.15, 0.2) is 30.6 Å². The average molecular weight is 284 g/mol. The van der Waals surface area contributed by atoms with Crippen LogP contribution < -0.4 is 5.73 Å². The molecule has 0 saturated carbocycles. The zero-order chi connectivity index (χ0) is 14.8. The number of hydrogen-bond acceptors (Lipinski definition) is 3. The van der Waals surface area contributed by atoms with Crippen LogP contribution >= 0.6 is 0 Å². The van der Waals surface area contributed by atoms with Crippen LogP contribution in [-0.4, -0.2) is 14.8 Å². The summed E-state index contributed by atoms with van der Waals surface area (Å²) >= 11 is 0. The molecule has 1 aromatic heterocycles. The van der Waals surface area contributed by atoms with Gasteiger partial charge < -0.3 is 5.73 Å². The van der Waals surface area contributed by atoms with E-state index in [1.54, 1.807) is 6.33 Å². The number of nitrogens with zero attached hydrogens (tertiary/aromatic N) is 3. The second-order valence-electron chi connectivity index (χ2n) is 6.48. The Kier molecular flexibility index (Phi) is 4.06. The van der Waals surface area contributed by atoms with E-state index >= 15 is 0 Å². The first kappa shape index (κ1) is 14.3. The van der Waals surface area contributed by atoms with Crippen LogP contribution in [0.4, 0.5) is 0 Å². The fourth-order valence-corrected chi connectivity index (χ4v) is 3.27. The quantitative estimate of drug-likeness (QED) is 0.939. The van der Waals surface area contributed by atoms with Gasteiger partial charge in [-0.1, -0.05) is 38.1 Å². The van der Waals surface area contributed by atoms with Crippen LogP contribution in [-0.2, 0) is 19.4 Å². The first-order valence-corrected chi connectivity index (χ1v) is 7.85. The van der Waals surface area contributed by atoms with Gasteiger partial charge in [0.1, 0.15) is 12.2 Å². The van der Waals surface area contributed by atoms with Gasteiger partial charge in [0, 0.05) is 19.0 Å². The van der Waals surface area contributed by atoms with Crippen molar-refractivity contribution in [2.75, 3.05) is 0 Å². The van der Waals surface area contributed by atoms with Gasteiger partial charge in [-0.2, -0.15) is 5.10 Å². The lowest BCUT2D eigenvalue weighted by Gasteiger charge is -2.30. The molecule has 4 heteroatoms. The number of aromatic nitrogens is 3. The second-order valence-corrected chi connectivity index (χ2v) is 6.48. The van der Waals surface area contributed by atoms with Crippen molar-refractivity contribution in [1.29, 1.82) is 0 Å². The Morgan fingerprint density at radius 2 is 2.14 bits per heavy atom. The average Bonchev–Trinajstić information content (AvgIpc) is 2.89. The monoisotopic (exact) mass is 284 g/mol. The van der Waals surface area contributed by atoms with Gasteiger partial charge in [0.25, 0.3) is 0 Å². The molecular formula is C17H24N4. The molecule has 1 heterocycles. The van der Waals surface area contributed by atoms with E-state index in [1.807, 2.05) is 4.68 Å². The minimum absolute atomic E-state index is 0.110. The molecule has 2 unspecified atom stereocenters. The highest BCUT2D eigenvalue weighted by Crippen LogP contribution is 2.34. The zero-order valence-corrected chi connectivity index (χ0v) is 12.9. The lowest BCUT2D eigenvalue weighted by atomic mass is 9.78. The molecule has 0 aliphatic heterocycles. The Morgan fingerprint density at radius 1 is 1.33 bits per heavy atom. The summed E-state index contributed by atoms with van der Waals surface area (Å²) in [6, 6.07) is 8.67. The molecule has 2 atom stereocenters. The molecular weight excluding hydrogens is 260 g/mol. The molecule has 2 aromatic rings. The molecule has 2 N–H and O–H groups in total. The maximum Gasteiger partial charge on any atom is 0.138 e. The van der Waals surface area contributed by atoms with Crippen molar-refractivity contribution in [1.82, 2.24) is 14.8 Å². The van der Waals surface area contributed by atoms with Crippen molar-refractivity contribution in [2.24, 2.45) is 17.6 Å². The SMILES string of the molecule is CC(C)Cn1ncnc1CC1CCc2ccccc2C1N. The topological polar surface area (TPSA) is 56.7 Å². The molecule has 1 aromatic carbocycles. The van der Waals surface area contributed by atoms with Gasteiger partial charge in [0.15, 0.2) is 0 Å². The fourth-order valence-electron chi connectivity index (χ4n) is 3.27. The van der Waals surface area contributed by atoms with Gasteiger partial charge in [-0.15, -0.1) is 0 Å². The number of aryl methyl sites for hydroxylation is 1. The third kappa shape index (κ3) is 3.00. The number of nitrogens with two attached hydrogens (primary N) is 1. The van der Waals surface area contributed by atoms with Crippen LogP contribution in [0.2, 0.25) is 0 Å². The molecule has 21 heavy (non-hydrogen) atoms. The highest BCUT2D eigenvalue weighted by Gasteiger charge is 2.27. The molecule has 0 amide bonds. The van der Waals surface area contributed by atoms with Gasteiger partial charge in [-0.3, -0.25) is 0 Å². The maximum atomic E-state index is 6.50. The summed E-state index contributed by atoms with van der Waals surface area (Å²) in [5.74, 6) is 2.10. The largest absolute Gasteiger partial charge is 0.324 e. The summed E-state index contributed by atoms with van der Waals surface area (Å²) in [6.07, 6.45) is 4.84. The number of fused-ring (bicyclic) bond motifs is 1. The molecule has 0 fully saturated rings. The Bertz CT molecular complexity index is 602. The summed E-state index contributed by atoms with van der Waals surface area (Å²) in [5, 5.41) is 4.36. The highest BCUT2D eigenvalue weighted by molar-refractivity contribution is 5.32. The lowest BCUT2D eigenvalue weighted by molar-refractivity contribution is 0.356. The molecule has 1 aliphatic rings. The number of hydrogen-bond donors (Lipinski definition) is 1. The standard InChI is InChI=1S/C17H24N4/c1-12(2)10-21-16(19-11-20-21)9-14-8-7-13-5-3-4-6-15(13)17(14)18/h3-6,11-12,14,17H,7-10,18H2,1-2H3. The van der Waals surface area contributed by atoms with Gasteiger partial charge in [0.05, 0.1) is 0 Å². The van der Waals surface area contributed by atoms with E-state index < -0.39 is 0 Å². The van der Waals surface area contributed by atoms with Crippen LogP contribution in [0.1, 0.15) is 43.3 Å². The minimum atomic E-state index is 0.110. The molecule has 0 spiro atoms. The van der Waals surface area contributed by atoms with Crippen LogP contribution in [0, 0.1) is 11.8 Å². The minimum Gasteiger partial charge on any atom is -0.324 e. The van der Waals surface area contributed by atoms with Crippen molar-refractivity contribution in [3.05, 3.63) is 47.5 Å². The molecule has 1 aliphatic carbocycles. The molecule has 112 valence electrons. The summed E-state index contributed by atoms with van der Waals surface area (Å²) in [6.45, 7) is 5.33. The third-order valence-corrected chi connectivity index (χ3v) is 4.39. The third-order valence-electron chi connectivity index (χ3n) is 4.39. The van der Waals surface area contributed by atoms with Crippen LogP contribution in [0.25, 0.3) is 0 Å². The van der Waals surface area contributed by atoms with Gasteiger partial charge >= 0.3 is 0 Å². The fraction of sp³-hybridized carbons (Fsp3) is 0.529. The number of benzene rings is 1. The molecule has 3 rings (SSSR count). The predicted octanol–water partition coefficient (Wildman–Crippen LogP) is 2.74. The zero-order valence-electron chi connectivity index (χ0n) is 12.9. The first-order chi connectivity index (χ1) is 10.1. The van der Waals surface area contributed by atoms with E-state index in [1.165, 1.54) is 11.1 Å². The van der Waals surface area contributed by atoms with Crippen molar-refractivity contribution in [2.45, 2.75) is 45.7 Å². The lowest BCUT2D eigenvalue weighted by Crippen LogP contribution is -2.29. The summed E-state index contributed by atoms with van der Waals surface area (Å²) < 4.78 is 2.04. The summed E-state index contributed by atoms with van der Waals surface area (Å²) in [4.78, 5) is 4.45. The normalized spacial score (nSPS) is 21.5. The van der Waals surface area contributed by atoms with Gasteiger partial charge in [-0.05, 0) is 35.8 Å². The predicted molar refractivity (Wildman–Crippen MR) is 83.7 cm³/mol. The van der Waals surface area contributed by atoms with Crippen molar-refractivity contribution in [3.8, 4) is 0 Å². The molecule has 0 saturated heterocycles. The van der Waals surface area contributed by atoms with Gasteiger partial charge in [0.2, 0.25) is 0 Å². The van der Waals surface area contributed by atoms with Crippen LogP contribution in [0.5, 0.6) is 0 Å². The number of rotatable bonds is 4. The molecule has 4 nitrogen and oxygen atoms in total. The highest BCUT2D eigenvalue weighted by atomic mass is 15.3. The summed E-state index contributed by atoms with van der Waals surface area (Å²) in [7, 11) is 0. The van der Waals surface area contributed by atoms with E-state index in [0.29, 0.717) is 11.8 Å². The maximum absolute atomic E-state index is 6.50.